The van der Waals surface area contributed by atoms with Crippen molar-refractivity contribution in [3.8, 4) is 0 Å². The van der Waals surface area contributed by atoms with Gasteiger partial charge in [0, 0.05) is 12.8 Å². The third-order valence-electron chi connectivity index (χ3n) is 15.1. The van der Waals surface area contributed by atoms with Crippen molar-refractivity contribution in [1.82, 2.24) is 0 Å². The van der Waals surface area contributed by atoms with Crippen molar-refractivity contribution in [3.05, 3.63) is 182 Å². The normalized spacial score (nSPS) is 13.8. The van der Waals surface area contributed by atoms with Gasteiger partial charge in [-0.2, -0.15) is 0 Å². The predicted octanol–water partition coefficient (Wildman–Crippen LogP) is 22.2. The van der Waals surface area contributed by atoms with Crippen LogP contribution in [0.1, 0.15) is 271 Å². The van der Waals surface area contributed by atoms with E-state index in [0.29, 0.717) is 17.4 Å². The number of hydrogen-bond donors (Lipinski definition) is 0. The molecule has 0 aliphatic rings. The molecule has 0 heterocycles. The molecule has 0 N–H and O–H groups in total. The number of likely N-dealkylation sites (N-methyl/N-ethyl adjacent to an activating group) is 1. The van der Waals surface area contributed by atoms with E-state index in [1.165, 1.54) is 83.5 Å². The van der Waals surface area contributed by atoms with Crippen LogP contribution in [0.4, 0.5) is 0 Å². The lowest BCUT2D eigenvalue weighted by molar-refractivity contribution is -0.870. The van der Waals surface area contributed by atoms with E-state index in [9.17, 15) is 19.5 Å². The first kappa shape index (κ1) is 87.4. The monoisotopic (exact) mass is 1290 g/mol. The average Bonchev–Trinajstić information content (AvgIpc) is 3.38. The Morgan fingerprint density at radius 3 is 0.860 bits per heavy atom. The molecule has 0 aromatic heterocycles. The summed E-state index contributed by atoms with van der Waals surface area (Å²) in [6, 6.07) is 0. The molecule has 0 aliphatic heterocycles. The second-order valence-corrected chi connectivity index (χ2v) is 25.1. The molecule has 0 fully saturated rings. The molecule has 2 atom stereocenters. The average molecular weight is 1290 g/mol. The van der Waals surface area contributed by atoms with E-state index in [-0.39, 0.29) is 38.6 Å². The predicted molar refractivity (Wildman–Crippen MR) is 398 cm³/mol. The van der Waals surface area contributed by atoms with Gasteiger partial charge in [0.05, 0.1) is 40.3 Å². The molecule has 0 saturated heterocycles. The largest absolute Gasteiger partial charge is 0.545 e. The van der Waals surface area contributed by atoms with Crippen LogP contribution in [0.5, 0.6) is 0 Å². The van der Waals surface area contributed by atoms with Gasteiger partial charge in [0.1, 0.15) is 13.2 Å². The summed E-state index contributed by atoms with van der Waals surface area (Å²) >= 11 is 0. The number of aliphatic carboxylic acids is 1. The molecule has 2 unspecified atom stereocenters. The SMILES string of the molecule is CC/C=C\C/C=C\C/C=C\C/C=C\C/C=C\C/C=C\C/C=C\C/C=C\C/C=C\CCCCCCCCCCCCCC(=O)OC(COC(=O)CCCCCCCCCCCC/C=C\C/C=C\C/C=C\C/C=C\C/C=C\C/C=C\CC)COC(OCC[N+](C)(C)C)C(=O)[O-]. The fraction of sp³-hybridized carbons (Fsp3) is 0.607. The van der Waals surface area contributed by atoms with E-state index in [2.05, 4.69) is 196 Å². The summed E-state index contributed by atoms with van der Waals surface area (Å²) in [5.74, 6) is -2.30. The molecule has 0 spiro atoms. The van der Waals surface area contributed by atoms with E-state index in [1.54, 1.807) is 0 Å². The van der Waals surface area contributed by atoms with Crippen molar-refractivity contribution in [1.29, 1.82) is 0 Å². The topological polar surface area (TPSA) is 111 Å². The molecule has 0 rings (SSSR count). The Labute approximate surface area is 570 Å². The number of ether oxygens (including phenoxy) is 4. The van der Waals surface area contributed by atoms with Gasteiger partial charge in [-0.25, -0.2) is 0 Å². The molecule has 9 nitrogen and oxygen atoms in total. The molecule has 524 valence electrons. The molecule has 0 radical (unpaired) electrons. The Kier molecular flexibility index (Phi) is 67.9. The lowest BCUT2D eigenvalue weighted by Crippen LogP contribution is -2.44. The van der Waals surface area contributed by atoms with E-state index >= 15 is 0 Å². The van der Waals surface area contributed by atoms with Crippen LogP contribution < -0.4 is 5.11 Å². The maximum atomic E-state index is 13.0. The lowest BCUT2D eigenvalue weighted by atomic mass is 10.0. The van der Waals surface area contributed by atoms with Gasteiger partial charge in [0.25, 0.3) is 0 Å². The standard InChI is InChI=1S/C84H135NO8/c1-6-8-10-12-14-16-18-20-22-24-26-28-30-32-34-36-37-38-39-40-41-42-43-44-45-47-49-51-53-55-57-59-61-63-65-67-69-71-73-75-82(87)93-80(79-92-84(83(88)89)90-77-76-85(3,4)5)78-91-81(86)74-72-70-68-66-64-62-60-58-56-54-52-50-48-46-35-33-31-29-27-25-23-21-19-17-15-13-11-9-7-2/h8-11,14-17,20-23,26-29,32-35,37-38,40-41,43-44,47-50,80,84H,6-7,12-13,18-19,24-25,30-31,36,39,42,45-46,51-79H2,1-5H3/b10-8-,11-9-,16-14-,17-15-,22-20-,23-21-,28-26-,29-27-,34-32-,35-33-,38-37-,41-40-,44-43-,49-47-,50-48-. The molecule has 0 amide bonds. The highest BCUT2D eigenvalue weighted by Crippen LogP contribution is 2.16. The first-order chi connectivity index (χ1) is 45.6. The minimum absolute atomic E-state index is 0.138. The summed E-state index contributed by atoms with van der Waals surface area (Å²) < 4.78 is 22.8. The van der Waals surface area contributed by atoms with E-state index in [4.69, 9.17) is 18.9 Å². The van der Waals surface area contributed by atoms with Gasteiger partial charge in [0.2, 0.25) is 0 Å². The number of unbranched alkanes of at least 4 members (excludes halogenated alkanes) is 21. The van der Waals surface area contributed by atoms with Gasteiger partial charge < -0.3 is 33.3 Å². The van der Waals surface area contributed by atoms with Gasteiger partial charge in [0.15, 0.2) is 12.4 Å². The minimum Gasteiger partial charge on any atom is -0.545 e. The second-order valence-electron chi connectivity index (χ2n) is 25.1. The highest BCUT2D eigenvalue weighted by Gasteiger charge is 2.22. The molecule has 0 bridgehead atoms. The number of carboxylic acids is 1. The Balaban J connectivity index is 4.16. The molecular formula is C84H135NO8. The molecular weight excluding hydrogens is 1150 g/mol. The van der Waals surface area contributed by atoms with E-state index < -0.39 is 24.3 Å². The number of allylic oxidation sites excluding steroid dienone is 30. The fourth-order valence-electron chi connectivity index (χ4n) is 9.59. The van der Waals surface area contributed by atoms with Crippen LogP contribution in [-0.2, 0) is 33.3 Å². The van der Waals surface area contributed by atoms with Gasteiger partial charge in [-0.15, -0.1) is 0 Å². The maximum Gasteiger partial charge on any atom is 0.306 e. The van der Waals surface area contributed by atoms with E-state index in [0.717, 1.165) is 154 Å². The van der Waals surface area contributed by atoms with Gasteiger partial charge in [-0.3, -0.25) is 9.59 Å². The molecule has 93 heavy (non-hydrogen) atoms. The summed E-state index contributed by atoms with van der Waals surface area (Å²) in [7, 11) is 5.92. The summed E-state index contributed by atoms with van der Waals surface area (Å²) in [6.07, 6.45) is 107. The number of quaternary nitrogens is 1. The van der Waals surface area contributed by atoms with Crippen molar-refractivity contribution in [3.63, 3.8) is 0 Å². The number of esters is 2. The molecule has 0 aliphatic carbocycles. The minimum atomic E-state index is -1.64. The smallest absolute Gasteiger partial charge is 0.306 e. The van der Waals surface area contributed by atoms with Gasteiger partial charge in [-0.05, 0) is 135 Å². The Bertz CT molecular complexity index is 2190. The zero-order valence-electron chi connectivity index (χ0n) is 59.8. The van der Waals surface area contributed by atoms with Gasteiger partial charge >= 0.3 is 11.9 Å². The maximum absolute atomic E-state index is 13.0. The second kappa shape index (κ2) is 72.2. The zero-order chi connectivity index (χ0) is 67.5. The summed E-state index contributed by atoms with van der Waals surface area (Å²) in [6.45, 7) is 4.50. The highest BCUT2D eigenvalue weighted by atomic mass is 16.7. The van der Waals surface area contributed by atoms with E-state index in [1.807, 2.05) is 21.1 Å². The summed E-state index contributed by atoms with van der Waals surface area (Å²) in [4.78, 5) is 37.6. The number of hydrogen-bond acceptors (Lipinski definition) is 8. The number of carbonyl (C=O) groups is 3. The van der Waals surface area contributed by atoms with Crippen molar-refractivity contribution in [2.45, 2.75) is 283 Å². The van der Waals surface area contributed by atoms with Crippen molar-refractivity contribution < 1.29 is 42.9 Å². The fourth-order valence-corrected chi connectivity index (χ4v) is 9.59. The summed E-state index contributed by atoms with van der Waals surface area (Å²) in [5.41, 5.74) is 0. The van der Waals surface area contributed by atoms with Crippen molar-refractivity contribution in [2.75, 3.05) is 47.5 Å². The molecule has 0 saturated carbocycles. The van der Waals surface area contributed by atoms with Crippen LogP contribution in [0.3, 0.4) is 0 Å². The highest BCUT2D eigenvalue weighted by molar-refractivity contribution is 5.70. The lowest BCUT2D eigenvalue weighted by Gasteiger charge is -2.26. The van der Waals surface area contributed by atoms with Crippen LogP contribution in [0.2, 0.25) is 0 Å². The van der Waals surface area contributed by atoms with Crippen LogP contribution in [0.25, 0.3) is 0 Å². The van der Waals surface area contributed by atoms with Crippen molar-refractivity contribution in [2.24, 2.45) is 0 Å². The first-order valence-corrected chi connectivity index (χ1v) is 36.9. The van der Waals surface area contributed by atoms with Crippen LogP contribution in [-0.4, -0.2) is 82.3 Å². The van der Waals surface area contributed by atoms with Crippen molar-refractivity contribution >= 4 is 17.9 Å². The Hall–Kier alpha value is -5.61. The number of carboxylic acid groups (broad SMARTS) is 1. The Morgan fingerprint density at radius 2 is 0.581 bits per heavy atom. The van der Waals surface area contributed by atoms with Crippen LogP contribution in [0, 0.1) is 0 Å². The van der Waals surface area contributed by atoms with Gasteiger partial charge in [-0.1, -0.05) is 305 Å². The third-order valence-corrected chi connectivity index (χ3v) is 15.1. The molecule has 9 heteroatoms. The number of rotatable bonds is 66. The third kappa shape index (κ3) is 73.7. The quantitative estimate of drug-likeness (QED) is 0.0195. The summed E-state index contributed by atoms with van der Waals surface area (Å²) in [5, 5.41) is 11.8. The molecule has 0 aromatic rings. The van der Waals surface area contributed by atoms with Crippen LogP contribution >= 0.6 is 0 Å². The van der Waals surface area contributed by atoms with Crippen LogP contribution in [0.15, 0.2) is 182 Å². The number of nitrogens with zero attached hydrogens (tertiary/aromatic N) is 1. The number of carbonyl (C=O) groups excluding carboxylic acids is 3. The Morgan fingerprint density at radius 1 is 0.323 bits per heavy atom. The molecule has 0 aromatic carbocycles. The zero-order valence-corrected chi connectivity index (χ0v) is 59.8. The first-order valence-electron chi connectivity index (χ1n) is 36.9.